The Balaban J connectivity index is 3.00. The summed E-state index contributed by atoms with van der Waals surface area (Å²) in [7, 11) is 0. The van der Waals surface area contributed by atoms with Crippen molar-refractivity contribution in [3.8, 4) is 0 Å². The van der Waals surface area contributed by atoms with Crippen molar-refractivity contribution in [1.29, 1.82) is 0 Å². The first-order valence-electron chi connectivity index (χ1n) is 8.09. The molecule has 2 amide bonds. The zero-order valence-corrected chi connectivity index (χ0v) is 16.0. The molecule has 0 bridgehead atoms. The molecule has 0 heterocycles. The van der Waals surface area contributed by atoms with E-state index in [-0.39, 0.29) is 12.1 Å². The number of ether oxygens (including phenoxy) is 2. The van der Waals surface area contributed by atoms with Gasteiger partial charge < -0.3 is 14.6 Å². The van der Waals surface area contributed by atoms with Crippen LogP contribution >= 0.6 is 0 Å². The van der Waals surface area contributed by atoms with Gasteiger partial charge in [0.05, 0.1) is 12.1 Å². The third kappa shape index (κ3) is 7.87. The van der Waals surface area contributed by atoms with Crippen LogP contribution in [-0.2, 0) is 16.0 Å². The van der Waals surface area contributed by atoms with E-state index in [4.69, 9.17) is 14.6 Å². The van der Waals surface area contributed by atoms with E-state index in [1.54, 1.807) is 53.7 Å². The average molecular weight is 366 g/mol. The molecule has 144 valence electrons. The number of amides is 2. The zero-order chi connectivity index (χ0) is 20.1. The van der Waals surface area contributed by atoms with Gasteiger partial charge in [-0.2, -0.15) is 0 Å². The molecule has 0 aliphatic rings. The van der Waals surface area contributed by atoms with Crippen LogP contribution in [0.4, 0.5) is 9.59 Å². The quantitative estimate of drug-likeness (QED) is 0.793. The minimum Gasteiger partial charge on any atom is -0.478 e. The van der Waals surface area contributed by atoms with Gasteiger partial charge in [0.2, 0.25) is 0 Å². The summed E-state index contributed by atoms with van der Waals surface area (Å²) in [6, 6.07) is 6.04. The van der Waals surface area contributed by atoms with Crippen LogP contribution < -0.4 is 5.43 Å². The molecule has 8 nitrogen and oxygen atoms in total. The predicted octanol–water partition coefficient (Wildman–Crippen LogP) is 3.56. The van der Waals surface area contributed by atoms with Gasteiger partial charge in [-0.15, -0.1) is 0 Å². The van der Waals surface area contributed by atoms with E-state index in [2.05, 4.69) is 5.43 Å². The zero-order valence-electron chi connectivity index (χ0n) is 16.0. The number of carboxylic acid groups (broad SMARTS) is 1. The first-order chi connectivity index (χ1) is 11.8. The second kappa shape index (κ2) is 8.07. The molecule has 1 aromatic rings. The highest BCUT2D eigenvalue weighted by molar-refractivity contribution is 5.87. The normalized spacial score (nSPS) is 11.5. The number of carbonyl (C=O) groups is 3. The fraction of sp³-hybridized carbons (Fsp3) is 0.500. The highest BCUT2D eigenvalue weighted by atomic mass is 16.6. The minimum absolute atomic E-state index is 0.0731. The largest absolute Gasteiger partial charge is 0.478 e. The molecule has 0 radical (unpaired) electrons. The Labute approximate surface area is 153 Å². The maximum Gasteiger partial charge on any atom is 0.429 e. The summed E-state index contributed by atoms with van der Waals surface area (Å²) in [5.41, 5.74) is 1.41. The molecular formula is C18H26N2O6. The summed E-state index contributed by atoms with van der Waals surface area (Å²) in [6.45, 7) is 10.1. The average Bonchev–Trinajstić information content (AvgIpc) is 2.43. The van der Waals surface area contributed by atoms with Gasteiger partial charge in [0.1, 0.15) is 11.2 Å². The SMILES string of the molecule is CC(C)(C)OC(=O)NN(Cc1cccc(C(=O)O)c1)C(=O)OC(C)(C)C. The number of carbonyl (C=O) groups excluding carboxylic acids is 2. The molecular weight excluding hydrogens is 340 g/mol. The predicted molar refractivity (Wildman–Crippen MR) is 94.5 cm³/mol. The van der Waals surface area contributed by atoms with E-state index < -0.39 is 29.4 Å². The number of nitrogens with one attached hydrogen (secondary N) is 1. The maximum absolute atomic E-state index is 12.4. The molecule has 0 aliphatic heterocycles. The second-order valence-corrected chi connectivity index (χ2v) is 7.69. The Bertz CT molecular complexity index is 673. The summed E-state index contributed by atoms with van der Waals surface area (Å²) in [6.07, 6.45) is -1.61. The van der Waals surface area contributed by atoms with Crippen molar-refractivity contribution in [3.05, 3.63) is 35.4 Å². The van der Waals surface area contributed by atoms with Crippen molar-refractivity contribution >= 4 is 18.2 Å². The number of nitrogens with zero attached hydrogens (tertiary/aromatic N) is 1. The Kier molecular flexibility index (Phi) is 6.60. The second-order valence-electron chi connectivity index (χ2n) is 7.69. The molecule has 26 heavy (non-hydrogen) atoms. The van der Waals surface area contributed by atoms with Crippen LogP contribution in [0, 0.1) is 0 Å². The van der Waals surface area contributed by atoms with Crippen LogP contribution in [-0.4, -0.2) is 39.5 Å². The summed E-state index contributed by atoms with van der Waals surface area (Å²) in [5.74, 6) is -1.09. The van der Waals surface area contributed by atoms with Crippen molar-refractivity contribution in [2.75, 3.05) is 0 Å². The van der Waals surface area contributed by atoms with Crippen molar-refractivity contribution in [2.24, 2.45) is 0 Å². The van der Waals surface area contributed by atoms with Crippen molar-refractivity contribution in [2.45, 2.75) is 59.3 Å². The van der Waals surface area contributed by atoms with Gasteiger partial charge >= 0.3 is 18.2 Å². The topological polar surface area (TPSA) is 105 Å². The number of benzene rings is 1. The van der Waals surface area contributed by atoms with Gasteiger partial charge in [-0.3, -0.25) is 0 Å². The Hall–Kier alpha value is -2.77. The van der Waals surface area contributed by atoms with Gasteiger partial charge in [-0.25, -0.2) is 24.8 Å². The number of rotatable bonds is 3. The monoisotopic (exact) mass is 366 g/mol. The molecule has 0 aromatic heterocycles. The third-order valence-electron chi connectivity index (χ3n) is 2.75. The molecule has 0 saturated carbocycles. The first kappa shape index (κ1) is 21.3. The van der Waals surface area contributed by atoms with E-state index in [0.29, 0.717) is 5.56 Å². The highest BCUT2D eigenvalue weighted by Gasteiger charge is 2.26. The van der Waals surface area contributed by atoms with E-state index in [0.717, 1.165) is 5.01 Å². The summed E-state index contributed by atoms with van der Waals surface area (Å²) in [4.78, 5) is 35.5. The van der Waals surface area contributed by atoms with Crippen LogP contribution in [0.1, 0.15) is 57.5 Å². The molecule has 1 aromatic carbocycles. The highest BCUT2D eigenvalue weighted by Crippen LogP contribution is 2.14. The van der Waals surface area contributed by atoms with E-state index >= 15 is 0 Å². The Morgan fingerprint density at radius 3 is 2.12 bits per heavy atom. The number of hydrogen-bond donors (Lipinski definition) is 2. The molecule has 0 atom stereocenters. The van der Waals surface area contributed by atoms with Crippen molar-refractivity contribution in [1.82, 2.24) is 10.4 Å². The van der Waals surface area contributed by atoms with Crippen LogP contribution in [0.2, 0.25) is 0 Å². The number of hydrazine groups is 1. The molecule has 0 fully saturated rings. The van der Waals surface area contributed by atoms with Crippen LogP contribution in [0.3, 0.4) is 0 Å². The number of carboxylic acids is 1. The smallest absolute Gasteiger partial charge is 0.429 e. The fourth-order valence-corrected chi connectivity index (χ4v) is 1.86. The molecule has 2 N–H and O–H groups in total. The first-order valence-corrected chi connectivity index (χ1v) is 8.09. The van der Waals surface area contributed by atoms with E-state index in [1.165, 1.54) is 12.1 Å². The van der Waals surface area contributed by atoms with Crippen molar-refractivity contribution < 1.29 is 29.0 Å². The van der Waals surface area contributed by atoms with Crippen LogP contribution in [0.15, 0.2) is 24.3 Å². The summed E-state index contributed by atoms with van der Waals surface area (Å²) < 4.78 is 10.4. The van der Waals surface area contributed by atoms with E-state index in [9.17, 15) is 14.4 Å². The Morgan fingerprint density at radius 1 is 1.04 bits per heavy atom. The molecule has 0 spiro atoms. The molecule has 8 heteroatoms. The molecule has 1 rings (SSSR count). The summed E-state index contributed by atoms with van der Waals surface area (Å²) >= 11 is 0. The molecule has 0 aliphatic carbocycles. The number of aromatic carboxylic acids is 1. The van der Waals surface area contributed by atoms with Gasteiger partial charge in [-0.05, 0) is 59.2 Å². The Morgan fingerprint density at radius 2 is 1.62 bits per heavy atom. The van der Waals surface area contributed by atoms with Gasteiger partial charge in [0.25, 0.3) is 0 Å². The maximum atomic E-state index is 12.4. The third-order valence-corrected chi connectivity index (χ3v) is 2.75. The van der Waals surface area contributed by atoms with E-state index in [1.807, 2.05) is 0 Å². The minimum atomic E-state index is -1.09. The molecule has 0 unspecified atom stereocenters. The lowest BCUT2D eigenvalue weighted by atomic mass is 10.1. The fourth-order valence-electron chi connectivity index (χ4n) is 1.86. The van der Waals surface area contributed by atoms with Crippen LogP contribution in [0.5, 0.6) is 0 Å². The standard InChI is InChI=1S/C18H26N2O6/c1-17(2,3)25-15(23)19-20(16(24)26-18(4,5)6)11-12-8-7-9-13(10-12)14(21)22/h7-10H,11H2,1-6H3,(H,19,23)(H,21,22). The van der Waals surface area contributed by atoms with Gasteiger partial charge in [0.15, 0.2) is 0 Å². The number of hydrogen-bond acceptors (Lipinski definition) is 5. The van der Waals surface area contributed by atoms with Crippen LogP contribution in [0.25, 0.3) is 0 Å². The molecule has 0 saturated heterocycles. The van der Waals surface area contributed by atoms with Gasteiger partial charge in [-0.1, -0.05) is 12.1 Å². The lowest BCUT2D eigenvalue weighted by Gasteiger charge is -2.29. The lowest BCUT2D eigenvalue weighted by molar-refractivity contribution is -0.000658. The summed E-state index contributed by atoms with van der Waals surface area (Å²) in [5, 5.41) is 10.0. The lowest BCUT2D eigenvalue weighted by Crippen LogP contribution is -2.49. The van der Waals surface area contributed by atoms with Gasteiger partial charge in [0, 0.05) is 0 Å². The van der Waals surface area contributed by atoms with Crippen molar-refractivity contribution in [3.63, 3.8) is 0 Å².